The zero-order valence-corrected chi connectivity index (χ0v) is 12.5. The topological polar surface area (TPSA) is 50.8 Å². The predicted molar refractivity (Wildman–Crippen MR) is 79.0 cm³/mol. The van der Waals surface area contributed by atoms with Crippen LogP contribution in [0.3, 0.4) is 0 Å². The summed E-state index contributed by atoms with van der Waals surface area (Å²) in [5, 5.41) is 3.45. The third-order valence-electron chi connectivity index (χ3n) is 4.33. The van der Waals surface area contributed by atoms with Crippen molar-refractivity contribution in [3.05, 3.63) is 29.8 Å². The van der Waals surface area contributed by atoms with Gasteiger partial charge in [-0.1, -0.05) is 19.1 Å². The lowest BCUT2D eigenvalue weighted by Crippen LogP contribution is -2.40. The molecule has 1 aromatic carbocycles. The van der Waals surface area contributed by atoms with Crippen molar-refractivity contribution in [1.29, 1.82) is 0 Å². The second-order valence-corrected chi connectivity index (χ2v) is 5.57. The molecule has 2 aliphatic rings. The molecular formula is C16H22N2O3. The maximum Gasteiger partial charge on any atom is 0.241 e. The molecule has 114 valence electrons. The van der Waals surface area contributed by atoms with E-state index in [0.29, 0.717) is 6.61 Å². The van der Waals surface area contributed by atoms with Crippen molar-refractivity contribution in [3.8, 4) is 5.75 Å². The van der Waals surface area contributed by atoms with E-state index >= 15 is 0 Å². The quantitative estimate of drug-likeness (QED) is 0.917. The second-order valence-electron chi connectivity index (χ2n) is 5.57. The third kappa shape index (κ3) is 2.63. The van der Waals surface area contributed by atoms with Crippen molar-refractivity contribution in [2.75, 3.05) is 20.3 Å². The molecule has 2 fully saturated rings. The van der Waals surface area contributed by atoms with Crippen LogP contribution in [0.1, 0.15) is 31.5 Å². The van der Waals surface area contributed by atoms with Gasteiger partial charge < -0.3 is 14.4 Å². The van der Waals surface area contributed by atoms with Gasteiger partial charge in [0, 0.05) is 6.61 Å². The van der Waals surface area contributed by atoms with E-state index in [1.165, 1.54) is 0 Å². The Labute approximate surface area is 125 Å². The maximum atomic E-state index is 12.6. The van der Waals surface area contributed by atoms with Gasteiger partial charge >= 0.3 is 0 Å². The van der Waals surface area contributed by atoms with E-state index in [4.69, 9.17) is 9.47 Å². The van der Waals surface area contributed by atoms with Gasteiger partial charge in [-0.15, -0.1) is 0 Å². The lowest BCUT2D eigenvalue weighted by molar-refractivity contribution is -0.132. The molecule has 0 aliphatic carbocycles. The predicted octanol–water partition coefficient (Wildman–Crippen LogP) is 1.69. The van der Waals surface area contributed by atoms with Crippen LogP contribution >= 0.6 is 0 Å². The summed E-state index contributed by atoms with van der Waals surface area (Å²) in [5.74, 6) is 1.01. The van der Waals surface area contributed by atoms with Gasteiger partial charge in [-0.25, -0.2) is 0 Å². The SMILES string of the molecule is CCC1NC(c2ccc(OC)cc2)N(C2CCOC2)C1=O. The first-order valence-corrected chi connectivity index (χ1v) is 7.54. The molecule has 0 bridgehead atoms. The Morgan fingerprint density at radius 2 is 2.14 bits per heavy atom. The van der Waals surface area contributed by atoms with Crippen LogP contribution in [0.5, 0.6) is 5.75 Å². The number of benzene rings is 1. The number of carbonyl (C=O) groups excluding carboxylic acids is 1. The normalized spacial score (nSPS) is 29.1. The fourth-order valence-electron chi connectivity index (χ4n) is 3.12. The number of amides is 1. The number of carbonyl (C=O) groups is 1. The number of nitrogens with zero attached hydrogens (tertiary/aromatic N) is 1. The summed E-state index contributed by atoms with van der Waals surface area (Å²) in [5.41, 5.74) is 1.09. The average Bonchev–Trinajstić information content (AvgIpc) is 3.14. The summed E-state index contributed by atoms with van der Waals surface area (Å²) < 4.78 is 10.7. The van der Waals surface area contributed by atoms with E-state index in [1.807, 2.05) is 36.1 Å². The van der Waals surface area contributed by atoms with Gasteiger partial charge in [0.1, 0.15) is 11.9 Å². The minimum Gasteiger partial charge on any atom is -0.497 e. The van der Waals surface area contributed by atoms with Gasteiger partial charge in [0.15, 0.2) is 0 Å². The minimum atomic E-state index is -0.0994. The molecule has 5 heteroatoms. The van der Waals surface area contributed by atoms with Crippen LogP contribution in [-0.4, -0.2) is 43.2 Å². The minimum absolute atomic E-state index is 0.0694. The molecule has 3 rings (SSSR count). The number of nitrogens with one attached hydrogen (secondary N) is 1. The highest BCUT2D eigenvalue weighted by atomic mass is 16.5. The zero-order valence-electron chi connectivity index (χ0n) is 12.5. The van der Waals surface area contributed by atoms with Crippen molar-refractivity contribution in [2.24, 2.45) is 0 Å². The summed E-state index contributed by atoms with van der Waals surface area (Å²) in [6.45, 7) is 3.41. The maximum absolute atomic E-state index is 12.6. The first kappa shape index (κ1) is 14.4. The first-order valence-electron chi connectivity index (χ1n) is 7.54. The van der Waals surface area contributed by atoms with Crippen LogP contribution in [0.2, 0.25) is 0 Å². The molecular weight excluding hydrogens is 268 g/mol. The Bertz CT molecular complexity index is 497. The van der Waals surface area contributed by atoms with Gasteiger partial charge in [-0.3, -0.25) is 10.1 Å². The fourth-order valence-corrected chi connectivity index (χ4v) is 3.12. The number of rotatable bonds is 4. The van der Waals surface area contributed by atoms with Gasteiger partial charge in [0.05, 0.1) is 25.8 Å². The molecule has 2 aliphatic heterocycles. The Morgan fingerprint density at radius 1 is 1.38 bits per heavy atom. The van der Waals surface area contributed by atoms with Crippen LogP contribution in [0.15, 0.2) is 24.3 Å². The molecule has 3 unspecified atom stereocenters. The Kier molecular flexibility index (Phi) is 4.12. The summed E-state index contributed by atoms with van der Waals surface area (Å²) in [7, 11) is 1.65. The summed E-state index contributed by atoms with van der Waals surface area (Å²) in [6, 6.07) is 7.98. The lowest BCUT2D eigenvalue weighted by Gasteiger charge is -2.29. The molecule has 0 saturated carbocycles. The standard InChI is InChI=1S/C16H22N2O3/c1-3-14-16(19)18(12-8-9-21-10-12)15(17-14)11-4-6-13(20-2)7-5-11/h4-7,12,14-15,17H,3,8-10H2,1-2H3. The molecule has 1 amide bonds. The van der Waals surface area contributed by atoms with Crippen LogP contribution in [0, 0.1) is 0 Å². The third-order valence-corrected chi connectivity index (χ3v) is 4.33. The van der Waals surface area contributed by atoms with Gasteiger partial charge in [0.25, 0.3) is 0 Å². The van der Waals surface area contributed by atoms with E-state index in [1.54, 1.807) is 7.11 Å². The molecule has 1 N–H and O–H groups in total. The van der Waals surface area contributed by atoms with Crippen molar-refractivity contribution in [3.63, 3.8) is 0 Å². The molecule has 2 heterocycles. The second kappa shape index (κ2) is 6.03. The molecule has 0 aromatic heterocycles. The van der Waals surface area contributed by atoms with Crippen LogP contribution in [-0.2, 0) is 9.53 Å². The van der Waals surface area contributed by atoms with Gasteiger partial charge in [-0.2, -0.15) is 0 Å². The smallest absolute Gasteiger partial charge is 0.241 e. The molecule has 2 saturated heterocycles. The van der Waals surface area contributed by atoms with E-state index in [-0.39, 0.29) is 24.2 Å². The van der Waals surface area contributed by atoms with Crippen LogP contribution in [0.4, 0.5) is 0 Å². The largest absolute Gasteiger partial charge is 0.497 e. The zero-order chi connectivity index (χ0) is 14.8. The van der Waals surface area contributed by atoms with Crippen LogP contribution in [0.25, 0.3) is 0 Å². The van der Waals surface area contributed by atoms with Crippen molar-refractivity contribution in [2.45, 2.75) is 38.0 Å². The van der Waals surface area contributed by atoms with E-state index in [0.717, 1.165) is 30.8 Å². The summed E-state index contributed by atoms with van der Waals surface area (Å²) >= 11 is 0. The molecule has 21 heavy (non-hydrogen) atoms. The van der Waals surface area contributed by atoms with Crippen molar-refractivity contribution in [1.82, 2.24) is 10.2 Å². The highest BCUT2D eigenvalue weighted by molar-refractivity contribution is 5.85. The lowest BCUT2D eigenvalue weighted by atomic mass is 10.1. The average molecular weight is 290 g/mol. The van der Waals surface area contributed by atoms with Gasteiger partial charge in [0.2, 0.25) is 5.91 Å². The van der Waals surface area contributed by atoms with E-state index < -0.39 is 0 Å². The number of ether oxygens (including phenoxy) is 2. The Balaban J connectivity index is 1.87. The fraction of sp³-hybridized carbons (Fsp3) is 0.562. The molecule has 0 radical (unpaired) electrons. The monoisotopic (exact) mass is 290 g/mol. The highest BCUT2D eigenvalue weighted by Crippen LogP contribution is 2.31. The molecule has 5 nitrogen and oxygen atoms in total. The Morgan fingerprint density at radius 3 is 2.71 bits per heavy atom. The van der Waals surface area contributed by atoms with Gasteiger partial charge in [-0.05, 0) is 30.5 Å². The molecule has 1 aromatic rings. The number of methoxy groups -OCH3 is 1. The summed E-state index contributed by atoms with van der Waals surface area (Å²) in [6.07, 6.45) is 1.64. The number of hydrogen-bond donors (Lipinski definition) is 1. The summed E-state index contributed by atoms with van der Waals surface area (Å²) in [4.78, 5) is 14.6. The van der Waals surface area contributed by atoms with Crippen LogP contribution < -0.4 is 10.1 Å². The Hall–Kier alpha value is -1.59. The highest BCUT2D eigenvalue weighted by Gasteiger charge is 2.43. The molecule has 3 atom stereocenters. The van der Waals surface area contributed by atoms with Crippen molar-refractivity contribution < 1.29 is 14.3 Å². The van der Waals surface area contributed by atoms with E-state index in [9.17, 15) is 4.79 Å². The number of hydrogen-bond acceptors (Lipinski definition) is 4. The molecule has 0 spiro atoms. The van der Waals surface area contributed by atoms with Crippen molar-refractivity contribution >= 4 is 5.91 Å². The first-order chi connectivity index (χ1) is 10.2. The van der Waals surface area contributed by atoms with E-state index in [2.05, 4.69) is 5.32 Å².